The van der Waals surface area contributed by atoms with Gasteiger partial charge in [0.25, 0.3) is 0 Å². The van der Waals surface area contributed by atoms with E-state index in [4.69, 9.17) is 9.31 Å². The molecule has 2 rings (SSSR count). The van der Waals surface area contributed by atoms with Gasteiger partial charge in [0.05, 0.1) is 0 Å². The maximum atomic E-state index is 13.6. The van der Waals surface area contributed by atoms with E-state index in [0.717, 1.165) is 5.56 Å². The van der Waals surface area contributed by atoms with Crippen LogP contribution in [-0.2, 0) is 9.31 Å². The summed E-state index contributed by atoms with van der Waals surface area (Å²) in [6.07, 6.45) is 0. The highest BCUT2D eigenvalue weighted by Gasteiger charge is 2.34. The predicted molar refractivity (Wildman–Crippen MR) is 62.2 cm³/mol. The Bertz CT molecular complexity index is 383. The molecule has 4 heteroatoms. The van der Waals surface area contributed by atoms with Crippen LogP contribution in [0.25, 0.3) is 0 Å². The highest BCUT2D eigenvalue weighted by molar-refractivity contribution is 6.61. The summed E-state index contributed by atoms with van der Waals surface area (Å²) >= 11 is 0. The van der Waals surface area contributed by atoms with Crippen molar-refractivity contribution < 1.29 is 13.7 Å². The van der Waals surface area contributed by atoms with Crippen LogP contribution in [0.4, 0.5) is 4.39 Å². The van der Waals surface area contributed by atoms with Gasteiger partial charge in [0, 0.05) is 24.1 Å². The molecule has 16 heavy (non-hydrogen) atoms. The van der Waals surface area contributed by atoms with E-state index in [1.165, 1.54) is 6.07 Å². The maximum Gasteiger partial charge on any atom is 0.496 e. The first-order valence-electron chi connectivity index (χ1n) is 5.47. The molecule has 1 aromatic rings. The third kappa shape index (κ3) is 2.44. The Kier molecular flexibility index (Phi) is 3.04. The molecule has 0 saturated carbocycles. The van der Waals surface area contributed by atoms with Gasteiger partial charge in [-0.05, 0) is 13.0 Å². The molecule has 2 nitrogen and oxygen atoms in total. The quantitative estimate of drug-likeness (QED) is 0.675. The van der Waals surface area contributed by atoms with Crippen molar-refractivity contribution in [1.29, 1.82) is 0 Å². The molecule has 0 bridgehead atoms. The molecule has 0 radical (unpaired) electrons. The van der Waals surface area contributed by atoms with Gasteiger partial charge in [-0.25, -0.2) is 4.39 Å². The van der Waals surface area contributed by atoms with Crippen LogP contribution < -0.4 is 5.46 Å². The fourth-order valence-electron chi connectivity index (χ4n) is 1.72. The lowest BCUT2D eigenvalue weighted by Crippen LogP contribution is -2.48. The van der Waals surface area contributed by atoms with E-state index in [1.54, 1.807) is 12.1 Å². The van der Waals surface area contributed by atoms with Gasteiger partial charge in [-0.2, -0.15) is 0 Å². The molecule has 1 aromatic carbocycles. The maximum absolute atomic E-state index is 13.6. The first-order valence-corrected chi connectivity index (χ1v) is 5.47. The van der Waals surface area contributed by atoms with Gasteiger partial charge in [-0.15, -0.1) is 0 Å². The Labute approximate surface area is 95.9 Å². The molecule has 0 amide bonds. The predicted octanol–water partition coefficient (Wildman–Crippen LogP) is 1.90. The molecular weight excluding hydrogens is 206 g/mol. The Hall–Kier alpha value is -0.865. The van der Waals surface area contributed by atoms with Crippen molar-refractivity contribution in [3.63, 3.8) is 0 Å². The van der Waals surface area contributed by atoms with Crippen LogP contribution in [0.5, 0.6) is 0 Å². The van der Waals surface area contributed by atoms with Gasteiger partial charge >= 0.3 is 7.12 Å². The Balaban J connectivity index is 2.17. The molecule has 1 heterocycles. The number of rotatable bonds is 1. The van der Waals surface area contributed by atoms with Crippen molar-refractivity contribution in [3.8, 4) is 0 Å². The zero-order valence-electron chi connectivity index (χ0n) is 9.92. The Morgan fingerprint density at radius 1 is 1.25 bits per heavy atom. The second-order valence-corrected chi connectivity index (χ2v) is 5.14. The van der Waals surface area contributed by atoms with Crippen LogP contribution in [-0.4, -0.2) is 20.3 Å². The van der Waals surface area contributed by atoms with Crippen molar-refractivity contribution in [2.24, 2.45) is 5.41 Å². The third-order valence-corrected chi connectivity index (χ3v) is 2.66. The zero-order valence-corrected chi connectivity index (χ0v) is 9.92. The molecule has 0 aliphatic carbocycles. The lowest BCUT2D eigenvalue weighted by molar-refractivity contribution is 0.0340. The highest BCUT2D eigenvalue weighted by Crippen LogP contribution is 2.21. The summed E-state index contributed by atoms with van der Waals surface area (Å²) < 4.78 is 24.7. The SMILES string of the molecule is Cc1ccc(F)c(B2OCC(C)(C)CO2)c1. The average Bonchev–Trinajstić information content (AvgIpc) is 2.22. The molecule has 86 valence electrons. The first kappa shape index (κ1) is 11.6. The number of hydrogen-bond donors (Lipinski definition) is 0. The monoisotopic (exact) mass is 222 g/mol. The van der Waals surface area contributed by atoms with Crippen molar-refractivity contribution >= 4 is 12.6 Å². The van der Waals surface area contributed by atoms with Crippen LogP contribution >= 0.6 is 0 Å². The van der Waals surface area contributed by atoms with E-state index in [9.17, 15) is 4.39 Å². The van der Waals surface area contributed by atoms with E-state index >= 15 is 0 Å². The van der Waals surface area contributed by atoms with Crippen molar-refractivity contribution in [1.82, 2.24) is 0 Å². The third-order valence-electron chi connectivity index (χ3n) is 2.66. The summed E-state index contributed by atoms with van der Waals surface area (Å²) in [6, 6.07) is 4.97. The fourth-order valence-corrected chi connectivity index (χ4v) is 1.72. The molecule has 1 saturated heterocycles. The van der Waals surface area contributed by atoms with Gasteiger partial charge in [0.2, 0.25) is 0 Å². The molecule has 1 fully saturated rings. The molecule has 0 unspecified atom stereocenters. The summed E-state index contributed by atoms with van der Waals surface area (Å²) in [5, 5.41) is 0. The van der Waals surface area contributed by atoms with E-state index in [2.05, 4.69) is 13.8 Å². The fraction of sp³-hybridized carbons (Fsp3) is 0.500. The van der Waals surface area contributed by atoms with Gasteiger partial charge in [-0.3, -0.25) is 0 Å². The molecular formula is C12H16BFO2. The van der Waals surface area contributed by atoms with Crippen molar-refractivity contribution in [3.05, 3.63) is 29.6 Å². The zero-order chi connectivity index (χ0) is 11.8. The molecule has 0 N–H and O–H groups in total. The lowest BCUT2D eigenvalue weighted by atomic mass is 9.75. The van der Waals surface area contributed by atoms with E-state index in [1.807, 2.05) is 6.92 Å². The van der Waals surface area contributed by atoms with Crippen LogP contribution in [0.15, 0.2) is 18.2 Å². The second kappa shape index (κ2) is 4.19. The van der Waals surface area contributed by atoms with Crippen molar-refractivity contribution in [2.75, 3.05) is 13.2 Å². The molecule has 0 aromatic heterocycles. The number of aryl methyl sites for hydroxylation is 1. The number of benzene rings is 1. The Morgan fingerprint density at radius 2 is 1.88 bits per heavy atom. The van der Waals surface area contributed by atoms with Gasteiger partial charge < -0.3 is 9.31 Å². The summed E-state index contributed by atoms with van der Waals surface area (Å²) in [4.78, 5) is 0. The van der Waals surface area contributed by atoms with Gasteiger partial charge in [-0.1, -0.05) is 31.5 Å². The van der Waals surface area contributed by atoms with Crippen LogP contribution in [0.2, 0.25) is 0 Å². The van der Waals surface area contributed by atoms with E-state index < -0.39 is 7.12 Å². The first-order chi connectivity index (χ1) is 7.48. The second-order valence-electron chi connectivity index (χ2n) is 5.14. The number of hydrogen-bond acceptors (Lipinski definition) is 2. The highest BCUT2D eigenvalue weighted by atomic mass is 19.1. The molecule has 1 aliphatic rings. The summed E-state index contributed by atoms with van der Waals surface area (Å²) in [7, 11) is -0.562. The minimum atomic E-state index is -0.562. The largest absolute Gasteiger partial charge is 0.496 e. The summed E-state index contributed by atoms with van der Waals surface area (Å²) in [5.74, 6) is -0.268. The van der Waals surface area contributed by atoms with E-state index in [-0.39, 0.29) is 11.2 Å². The molecule has 1 aliphatic heterocycles. The molecule has 0 atom stereocenters. The van der Waals surface area contributed by atoms with E-state index in [0.29, 0.717) is 18.7 Å². The van der Waals surface area contributed by atoms with Crippen molar-refractivity contribution in [2.45, 2.75) is 20.8 Å². The standard InChI is InChI=1S/C12H16BFO2/c1-9-4-5-11(14)10(6-9)13-15-7-12(2,3)8-16-13/h4-6H,7-8H2,1-3H3. The van der Waals surface area contributed by atoms with Gasteiger partial charge in [0.15, 0.2) is 0 Å². The van der Waals surface area contributed by atoms with Gasteiger partial charge in [0.1, 0.15) is 5.82 Å². The Morgan fingerprint density at radius 3 is 2.50 bits per heavy atom. The lowest BCUT2D eigenvalue weighted by Gasteiger charge is -2.33. The molecule has 0 spiro atoms. The summed E-state index contributed by atoms with van der Waals surface area (Å²) in [5.41, 5.74) is 1.51. The van der Waals surface area contributed by atoms with Crippen LogP contribution in [0.1, 0.15) is 19.4 Å². The average molecular weight is 222 g/mol. The topological polar surface area (TPSA) is 18.5 Å². The summed E-state index contributed by atoms with van der Waals surface area (Å²) in [6.45, 7) is 7.23. The normalized spacial score (nSPS) is 19.9. The minimum absolute atomic E-state index is 0.0107. The smallest absolute Gasteiger partial charge is 0.407 e. The number of halogens is 1. The van der Waals surface area contributed by atoms with Crippen LogP contribution in [0.3, 0.4) is 0 Å². The van der Waals surface area contributed by atoms with Crippen LogP contribution in [0, 0.1) is 18.2 Å². The minimum Gasteiger partial charge on any atom is -0.407 e.